The van der Waals surface area contributed by atoms with Crippen LogP contribution in [0.2, 0.25) is 0 Å². The van der Waals surface area contributed by atoms with E-state index in [2.05, 4.69) is 11.4 Å². The highest BCUT2D eigenvalue weighted by atomic mass is 16.5. The molecular formula is C28H32N4O6. The molecule has 0 unspecified atom stereocenters. The average Bonchev–Trinajstić information content (AvgIpc) is 3.03. The summed E-state index contributed by atoms with van der Waals surface area (Å²) in [6, 6.07) is 14.4. The van der Waals surface area contributed by atoms with Gasteiger partial charge in [-0.25, -0.2) is 9.59 Å². The van der Waals surface area contributed by atoms with E-state index in [1.807, 2.05) is 57.2 Å². The quantitative estimate of drug-likeness (QED) is 0.525. The molecular weight excluding hydrogens is 488 g/mol. The Morgan fingerprint density at radius 1 is 1.18 bits per heavy atom. The molecule has 0 aliphatic carbocycles. The molecule has 3 aromatic rings. The Kier molecular flexibility index (Phi) is 7.33. The highest BCUT2D eigenvalue weighted by Gasteiger charge is 2.52. The van der Waals surface area contributed by atoms with E-state index in [0.717, 1.165) is 16.7 Å². The van der Waals surface area contributed by atoms with Gasteiger partial charge in [0, 0.05) is 32.0 Å². The lowest BCUT2D eigenvalue weighted by molar-refractivity contribution is -0.165. The van der Waals surface area contributed by atoms with Crippen molar-refractivity contribution >= 4 is 23.1 Å². The minimum atomic E-state index is -1.44. The molecule has 1 aliphatic heterocycles. The van der Waals surface area contributed by atoms with E-state index >= 15 is 0 Å². The Morgan fingerprint density at radius 3 is 2.50 bits per heavy atom. The average molecular weight is 521 g/mol. The van der Waals surface area contributed by atoms with Gasteiger partial charge in [-0.1, -0.05) is 51.1 Å². The van der Waals surface area contributed by atoms with Crippen LogP contribution in [0, 0.1) is 16.7 Å². The number of oxazole rings is 1. The number of hydrogen-bond donors (Lipinski definition) is 2. The molecule has 0 saturated carbocycles. The van der Waals surface area contributed by atoms with E-state index in [9.17, 15) is 24.8 Å². The number of nitrogens with one attached hydrogen (secondary N) is 1. The molecule has 2 N–H and O–H groups in total. The molecule has 0 spiro atoms. The zero-order chi connectivity index (χ0) is 27.7. The zero-order valence-corrected chi connectivity index (χ0v) is 22.0. The number of rotatable bonds is 5. The Bertz CT molecular complexity index is 1440. The lowest BCUT2D eigenvalue weighted by atomic mass is 9.75. The van der Waals surface area contributed by atoms with Gasteiger partial charge in [-0.3, -0.25) is 9.36 Å². The normalized spacial score (nSPS) is 19.0. The van der Waals surface area contributed by atoms with Crippen LogP contribution in [0.1, 0.15) is 32.8 Å². The number of aromatic nitrogens is 1. The Balaban J connectivity index is 1.51. The molecule has 1 saturated heterocycles. The lowest BCUT2D eigenvalue weighted by Gasteiger charge is -2.43. The Hall–Kier alpha value is -4.10. The molecule has 38 heavy (non-hydrogen) atoms. The summed E-state index contributed by atoms with van der Waals surface area (Å²) in [6.45, 7) is 5.89. The molecule has 1 aromatic heterocycles. The predicted molar refractivity (Wildman–Crippen MR) is 140 cm³/mol. The van der Waals surface area contributed by atoms with Gasteiger partial charge in [0.15, 0.2) is 11.2 Å². The maximum atomic E-state index is 13.6. The number of hydrogen-bond acceptors (Lipinski definition) is 6. The van der Waals surface area contributed by atoms with Crippen molar-refractivity contribution in [3.05, 3.63) is 58.6 Å². The molecule has 2 heterocycles. The third kappa shape index (κ3) is 5.15. The van der Waals surface area contributed by atoms with Crippen LogP contribution in [0.25, 0.3) is 22.2 Å². The van der Waals surface area contributed by atoms with Crippen LogP contribution < -0.4 is 11.1 Å². The Morgan fingerprint density at radius 2 is 1.87 bits per heavy atom. The van der Waals surface area contributed by atoms with E-state index < -0.39 is 34.8 Å². The first-order valence-corrected chi connectivity index (χ1v) is 12.5. The fourth-order valence-corrected chi connectivity index (χ4v) is 4.77. The molecule has 2 aromatic carbocycles. The third-order valence-electron chi connectivity index (χ3n) is 7.16. The van der Waals surface area contributed by atoms with Crippen molar-refractivity contribution in [3.8, 4) is 17.2 Å². The molecule has 2 atom stereocenters. The molecule has 1 fully saturated rings. The van der Waals surface area contributed by atoms with E-state index in [1.54, 1.807) is 13.1 Å². The number of fused-ring (bicyclic) bond motifs is 1. The molecule has 2 amide bonds. The van der Waals surface area contributed by atoms with Gasteiger partial charge in [0.2, 0.25) is 0 Å². The number of nitriles is 1. The van der Waals surface area contributed by atoms with Gasteiger partial charge in [0.1, 0.15) is 6.04 Å². The maximum absolute atomic E-state index is 13.6. The third-order valence-corrected chi connectivity index (χ3v) is 7.16. The van der Waals surface area contributed by atoms with Gasteiger partial charge in [-0.2, -0.15) is 5.26 Å². The van der Waals surface area contributed by atoms with Crippen molar-refractivity contribution in [2.45, 2.75) is 45.3 Å². The summed E-state index contributed by atoms with van der Waals surface area (Å²) in [5, 5.41) is 22.2. The maximum Gasteiger partial charge on any atom is 0.419 e. The first-order chi connectivity index (χ1) is 17.9. The van der Waals surface area contributed by atoms with Gasteiger partial charge >= 0.3 is 11.8 Å². The number of nitrogens with zero attached hydrogens (tertiary/aromatic N) is 3. The fourth-order valence-electron chi connectivity index (χ4n) is 4.77. The molecule has 200 valence electrons. The number of aryl methyl sites for hydroxylation is 1. The first-order valence-electron chi connectivity index (χ1n) is 12.5. The first kappa shape index (κ1) is 26.9. The summed E-state index contributed by atoms with van der Waals surface area (Å²) in [5.41, 5.74) is 1.72. The summed E-state index contributed by atoms with van der Waals surface area (Å²) in [5.74, 6) is -0.921. The minimum absolute atomic E-state index is 0.114. The SMILES string of the molecule is Cn1c(=O)oc2ccc(-c3ccc(C[C@@H](C#N)NC(=O)[C@]4(C(C)(C)C)CN(C(=O)O)CCCO4)cc3)cc21. The number of ether oxygens (including phenoxy) is 1. The van der Waals surface area contributed by atoms with Crippen LogP contribution in [0.5, 0.6) is 0 Å². The van der Waals surface area contributed by atoms with Crippen LogP contribution >= 0.6 is 0 Å². The monoisotopic (exact) mass is 520 g/mol. The van der Waals surface area contributed by atoms with Crippen molar-refractivity contribution in [3.63, 3.8) is 0 Å². The molecule has 0 radical (unpaired) electrons. The number of carbonyl (C=O) groups is 2. The molecule has 4 rings (SSSR count). The summed E-state index contributed by atoms with van der Waals surface area (Å²) in [7, 11) is 1.65. The topological polar surface area (TPSA) is 138 Å². The standard InChI is InChI=1S/C28H32N4O6/c1-27(2,3)28(17-32(25(34)35)12-5-13-37-28)24(33)30-21(16-29)14-18-6-8-19(9-7-18)20-10-11-23-22(15-20)31(4)26(36)38-23/h6-11,15,21H,5,12-14,17H2,1-4H3,(H,30,33)(H,34,35)/t21-,28-/m0/s1. The number of benzene rings is 2. The van der Waals surface area contributed by atoms with Gasteiger partial charge in [0.05, 0.1) is 18.1 Å². The van der Waals surface area contributed by atoms with Crippen LogP contribution in [-0.4, -0.2) is 57.9 Å². The summed E-state index contributed by atoms with van der Waals surface area (Å²) < 4.78 is 12.7. The summed E-state index contributed by atoms with van der Waals surface area (Å²) in [6.07, 6.45) is -0.362. The van der Waals surface area contributed by atoms with Crippen LogP contribution in [0.4, 0.5) is 4.79 Å². The van der Waals surface area contributed by atoms with Crippen molar-refractivity contribution in [1.29, 1.82) is 5.26 Å². The summed E-state index contributed by atoms with van der Waals surface area (Å²) >= 11 is 0. The lowest BCUT2D eigenvalue weighted by Crippen LogP contribution is -2.63. The number of carboxylic acid groups (broad SMARTS) is 1. The van der Waals surface area contributed by atoms with E-state index in [0.29, 0.717) is 17.5 Å². The molecule has 10 heteroatoms. The molecule has 10 nitrogen and oxygen atoms in total. The van der Waals surface area contributed by atoms with Gasteiger partial charge in [-0.05, 0) is 35.2 Å². The van der Waals surface area contributed by atoms with Crippen molar-refractivity contribution in [2.75, 3.05) is 19.7 Å². The van der Waals surface area contributed by atoms with Crippen molar-refractivity contribution < 1.29 is 23.8 Å². The molecule has 0 bridgehead atoms. The van der Waals surface area contributed by atoms with Gasteiger partial charge in [-0.15, -0.1) is 0 Å². The second-order valence-corrected chi connectivity index (χ2v) is 10.6. The molecule has 1 aliphatic rings. The fraction of sp³-hybridized carbons (Fsp3) is 0.429. The van der Waals surface area contributed by atoms with E-state index in [1.165, 1.54) is 9.47 Å². The second-order valence-electron chi connectivity index (χ2n) is 10.6. The predicted octanol–water partition coefficient (Wildman–Crippen LogP) is 3.53. The van der Waals surface area contributed by atoms with Crippen LogP contribution in [0.15, 0.2) is 51.7 Å². The van der Waals surface area contributed by atoms with Crippen molar-refractivity contribution in [2.24, 2.45) is 12.5 Å². The minimum Gasteiger partial charge on any atom is -0.465 e. The van der Waals surface area contributed by atoms with E-state index in [-0.39, 0.29) is 26.1 Å². The highest BCUT2D eigenvalue weighted by molar-refractivity contribution is 5.88. The second kappa shape index (κ2) is 10.3. The van der Waals surface area contributed by atoms with E-state index in [4.69, 9.17) is 9.15 Å². The Labute approximate surface area is 220 Å². The van der Waals surface area contributed by atoms with Gasteiger partial charge < -0.3 is 24.5 Å². The largest absolute Gasteiger partial charge is 0.465 e. The van der Waals surface area contributed by atoms with Crippen LogP contribution in [0.3, 0.4) is 0 Å². The number of carbonyl (C=O) groups excluding carboxylic acids is 1. The summed E-state index contributed by atoms with van der Waals surface area (Å²) in [4.78, 5) is 38.3. The number of amides is 2. The zero-order valence-electron chi connectivity index (χ0n) is 22.0. The smallest absolute Gasteiger partial charge is 0.419 e. The van der Waals surface area contributed by atoms with Crippen molar-refractivity contribution in [1.82, 2.24) is 14.8 Å². The van der Waals surface area contributed by atoms with Gasteiger partial charge in [0.25, 0.3) is 5.91 Å². The highest BCUT2D eigenvalue weighted by Crippen LogP contribution is 2.37. The van der Waals surface area contributed by atoms with Crippen LogP contribution in [-0.2, 0) is 23.0 Å².